The highest BCUT2D eigenvalue weighted by Crippen LogP contribution is 2.26. The predicted octanol–water partition coefficient (Wildman–Crippen LogP) is 2.70. The molecule has 29 heavy (non-hydrogen) atoms. The fraction of sp³-hybridized carbons (Fsp3) is 0.682. The number of nitrogens with zero attached hydrogens (tertiary/aromatic N) is 3. The van der Waals surface area contributed by atoms with E-state index in [0.29, 0.717) is 24.8 Å². The quantitative estimate of drug-likeness (QED) is 0.565. The number of pyridine rings is 1. The molecule has 3 N–H and O–H groups in total. The summed E-state index contributed by atoms with van der Waals surface area (Å²) in [6.07, 6.45) is 9.31. The lowest BCUT2D eigenvalue weighted by Crippen LogP contribution is -2.46. The smallest absolute Gasteiger partial charge is 0.217 e. The number of primary amides is 1. The molecular weight excluding hydrogens is 366 g/mol. The van der Waals surface area contributed by atoms with E-state index < -0.39 is 0 Å². The molecule has 2 aliphatic rings. The van der Waals surface area contributed by atoms with Gasteiger partial charge in [-0.05, 0) is 62.0 Å². The number of ether oxygens (including phenoxy) is 1. The molecule has 0 aromatic carbocycles. The minimum atomic E-state index is -0.225. The summed E-state index contributed by atoms with van der Waals surface area (Å²) in [7, 11) is 1.80. The average Bonchev–Trinajstić information content (AvgIpc) is 2.70. The topological polar surface area (TPSA) is 92.8 Å². The van der Waals surface area contributed by atoms with E-state index in [1.165, 1.54) is 12.8 Å². The van der Waals surface area contributed by atoms with Crippen LogP contribution in [0, 0.1) is 11.8 Å². The Morgan fingerprint density at radius 1 is 1.34 bits per heavy atom. The van der Waals surface area contributed by atoms with Crippen molar-refractivity contribution < 1.29 is 9.53 Å². The summed E-state index contributed by atoms with van der Waals surface area (Å²) in [4.78, 5) is 22.3. The van der Waals surface area contributed by atoms with Gasteiger partial charge in [0.05, 0.1) is 0 Å². The molecule has 1 aromatic rings. The van der Waals surface area contributed by atoms with Crippen molar-refractivity contribution in [2.24, 2.45) is 22.6 Å². The van der Waals surface area contributed by atoms with Crippen molar-refractivity contribution in [2.45, 2.75) is 64.5 Å². The second kappa shape index (κ2) is 10.5. The molecule has 0 radical (unpaired) electrons. The van der Waals surface area contributed by atoms with Crippen LogP contribution in [-0.2, 0) is 11.3 Å². The highest BCUT2D eigenvalue weighted by atomic mass is 16.5. The Morgan fingerprint density at radius 2 is 2.14 bits per heavy atom. The van der Waals surface area contributed by atoms with E-state index in [2.05, 4.69) is 27.1 Å². The van der Waals surface area contributed by atoms with Crippen LogP contribution >= 0.6 is 0 Å². The number of nitrogens with one attached hydrogen (secondary N) is 1. The summed E-state index contributed by atoms with van der Waals surface area (Å²) in [5, 5.41) is 3.44. The van der Waals surface area contributed by atoms with Crippen molar-refractivity contribution in [3.63, 3.8) is 0 Å². The fourth-order valence-electron chi connectivity index (χ4n) is 4.36. The van der Waals surface area contributed by atoms with E-state index >= 15 is 0 Å². The normalized spacial score (nSPS) is 25.5. The van der Waals surface area contributed by atoms with Crippen LogP contribution in [0.25, 0.3) is 0 Å². The zero-order valence-electron chi connectivity index (χ0n) is 17.8. The largest absolute Gasteiger partial charge is 0.474 e. The molecule has 1 saturated heterocycles. The van der Waals surface area contributed by atoms with Gasteiger partial charge in [0.25, 0.3) is 0 Å². The molecule has 0 spiro atoms. The number of hydrogen-bond donors (Lipinski definition) is 2. The summed E-state index contributed by atoms with van der Waals surface area (Å²) < 4.78 is 6.12. The third-order valence-electron chi connectivity index (χ3n) is 6.02. The molecule has 2 fully saturated rings. The molecule has 1 atom stereocenters. The molecule has 160 valence electrons. The van der Waals surface area contributed by atoms with E-state index in [-0.39, 0.29) is 12.0 Å². The lowest BCUT2D eigenvalue weighted by Gasteiger charge is -2.34. The first-order chi connectivity index (χ1) is 14.0. The van der Waals surface area contributed by atoms with Gasteiger partial charge in [0.15, 0.2) is 5.96 Å². The van der Waals surface area contributed by atoms with E-state index in [1.54, 1.807) is 7.05 Å². The van der Waals surface area contributed by atoms with Crippen molar-refractivity contribution >= 4 is 11.9 Å². The number of nitrogens with two attached hydrogens (primary N) is 1. The molecule has 1 aliphatic carbocycles. The number of likely N-dealkylation sites (tertiary alicyclic amines) is 1. The maximum Gasteiger partial charge on any atom is 0.217 e. The number of aliphatic imine (C=N–C) groups is 1. The first-order valence-corrected chi connectivity index (χ1v) is 10.9. The summed E-state index contributed by atoms with van der Waals surface area (Å²) in [6.45, 7) is 4.73. The number of piperidine rings is 1. The van der Waals surface area contributed by atoms with Gasteiger partial charge in [-0.2, -0.15) is 0 Å². The van der Waals surface area contributed by atoms with Gasteiger partial charge in [0.1, 0.15) is 6.10 Å². The van der Waals surface area contributed by atoms with E-state index in [4.69, 9.17) is 10.5 Å². The van der Waals surface area contributed by atoms with Crippen molar-refractivity contribution in [1.82, 2.24) is 15.2 Å². The number of guanidine groups is 1. The third-order valence-corrected chi connectivity index (χ3v) is 6.02. The Bertz CT molecular complexity index is 700. The van der Waals surface area contributed by atoms with Gasteiger partial charge in [-0.1, -0.05) is 6.92 Å². The van der Waals surface area contributed by atoms with Gasteiger partial charge >= 0.3 is 0 Å². The van der Waals surface area contributed by atoms with Gasteiger partial charge in [0, 0.05) is 45.4 Å². The molecule has 1 saturated carbocycles. The molecule has 1 aromatic heterocycles. The van der Waals surface area contributed by atoms with Gasteiger partial charge < -0.3 is 20.7 Å². The monoisotopic (exact) mass is 401 g/mol. The van der Waals surface area contributed by atoms with Crippen molar-refractivity contribution in [3.05, 3.63) is 23.9 Å². The maximum atomic E-state index is 11.3. The number of aromatic nitrogens is 1. The summed E-state index contributed by atoms with van der Waals surface area (Å²) >= 11 is 0. The molecule has 7 nitrogen and oxygen atoms in total. The average molecular weight is 402 g/mol. The van der Waals surface area contributed by atoms with Crippen LogP contribution in [0.5, 0.6) is 5.88 Å². The molecular formula is C22H35N5O2. The van der Waals surface area contributed by atoms with Crippen LogP contribution in [-0.4, -0.2) is 48.0 Å². The first-order valence-electron chi connectivity index (χ1n) is 10.9. The SMILES string of the molecule is CN=C(NCc1ccnc(OC2CCC(C)CC2)c1)N1CCCC(CC(N)=O)C1. The maximum absolute atomic E-state index is 11.3. The predicted molar refractivity (Wildman–Crippen MR) is 115 cm³/mol. The van der Waals surface area contributed by atoms with Crippen LogP contribution in [0.3, 0.4) is 0 Å². The van der Waals surface area contributed by atoms with Crippen LogP contribution < -0.4 is 15.8 Å². The van der Waals surface area contributed by atoms with E-state index in [9.17, 15) is 4.79 Å². The Hall–Kier alpha value is -2.31. The van der Waals surface area contributed by atoms with Crippen LogP contribution in [0.2, 0.25) is 0 Å². The summed E-state index contributed by atoms with van der Waals surface area (Å²) in [6, 6.07) is 4.02. The molecule has 0 bridgehead atoms. The number of carbonyl (C=O) groups excluding carboxylic acids is 1. The Kier molecular flexibility index (Phi) is 7.72. The number of rotatable bonds is 6. The minimum Gasteiger partial charge on any atom is -0.474 e. The van der Waals surface area contributed by atoms with E-state index in [1.807, 2.05) is 18.3 Å². The van der Waals surface area contributed by atoms with Gasteiger partial charge in [-0.15, -0.1) is 0 Å². The molecule has 7 heteroatoms. The molecule has 1 unspecified atom stereocenters. The summed E-state index contributed by atoms with van der Waals surface area (Å²) in [5.41, 5.74) is 6.50. The second-order valence-electron chi connectivity index (χ2n) is 8.53. The van der Waals surface area contributed by atoms with Crippen molar-refractivity contribution in [2.75, 3.05) is 20.1 Å². The molecule has 3 rings (SSSR count). The highest BCUT2D eigenvalue weighted by Gasteiger charge is 2.23. The van der Waals surface area contributed by atoms with E-state index in [0.717, 1.165) is 56.2 Å². The van der Waals surface area contributed by atoms with Gasteiger partial charge in [-0.3, -0.25) is 9.79 Å². The number of hydrogen-bond acceptors (Lipinski definition) is 4. The second-order valence-corrected chi connectivity index (χ2v) is 8.53. The van der Waals surface area contributed by atoms with Gasteiger partial charge in [0.2, 0.25) is 11.8 Å². The third kappa shape index (κ3) is 6.61. The number of carbonyl (C=O) groups is 1. The van der Waals surface area contributed by atoms with Gasteiger partial charge in [-0.25, -0.2) is 4.98 Å². The van der Waals surface area contributed by atoms with Crippen molar-refractivity contribution in [1.29, 1.82) is 0 Å². The van der Waals surface area contributed by atoms with Crippen LogP contribution in [0.15, 0.2) is 23.3 Å². The minimum absolute atomic E-state index is 0.225. The van der Waals surface area contributed by atoms with Crippen molar-refractivity contribution in [3.8, 4) is 5.88 Å². The van der Waals surface area contributed by atoms with Crippen LogP contribution in [0.1, 0.15) is 57.4 Å². The Labute approximate surface area is 174 Å². The standard InChI is InChI=1S/C22H35N5O2/c1-16-5-7-19(8-6-16)29-21-13-17(9-10-25-21)14-26-22(24-2)27-11-3-4-18(15-27)12-20(23)28/h9-10,13,16,18-19H,3-8,11-12,14-15H2,1-2H3,(H2,23,28)(H,24,26). The Morgan fingerprint density at radius 3 is 2.86 bits per heavy atom. The number of amides is 1. The molecule has 1 aliphatic heterocycles. The lowest BCUT2D eigenvalue weighted by atomic mass is 9.89. The first kappa shape index (κ1) is 21.4. The Balaban J connectivity index is 1.52. The molecule has 2 heterocycles. The molecule has 1 amide bonds. The fourth-order valence-corrected chi connectivity index (χ4v) is 4.36. The summed E-state index contributed by atoms with van der Waals surface area (Å²) in [5.74, 6) is 2.45. The lowest BCUT2D eigenvalue weighted by molar-refractivity contribution is -0.119. The zero-order valence-corrected chi connectivity index (χ0v) is 17.8. The zero-order chi connectivity index (χ0) is 20.6. The highest BCUT2D eigenvalue weighted by molar-refractivity contribution is 5.80. The van der Waals surface area contributed by atoms with Crippen LogP contribution in [0.4, 0.5) is 0 Å².